The minimum absolute atomic E-state index is 0.0444. The third-order valence-corrected chi connectivity index (χ3v) is 5.26. The molecular weight excluding hydrogens is 328 g/mol. The Morgan fingerprint density at radius 1 is 1.35 bits per heavy atom. The third-order valence-electron chi connectivity index (χ3n) is 5.26. The normalized spacial score (nSPS) is 19.7. The number of aromatic nitrogens is 2. The van der Waals surface area contributed by atoms with Crippen molar-refractivity contribution in [1.29, 1.82) is 0 Å². The minimum atomic E-state index is -0.0444. The summed E-state index contributed by atoms with van der Waals surface area (Å²) < 4.78 is 7.59. The molecule has 0 unspecified atom stereocenters. The standard InChI is InChI=1S/C20H28N4O2/c1-15-17(13-22-24(15)3)18-11-21-12-19(18)20(25)23(2)9-10-26-14-16-7-5-4-6-8-16/h4-8,13,18-19,21H,9-12,14H2,1-3H3/t18-,19+/m1/s1. The summed E-state index contributed by atoms with van der Waals surface area (Å²) in [5.74, 6) is 0.312. The first kappa shape index (κ1) is 18.6. The van der Waals surface area contributed by atoms with Gasteiger partial charge in [0.05, 0.1) is 25.3 Å². The second kappa shape index (κ2) is 8.47. The minimum Gasteiger partial charge on any atom is -0.375 e. The van der Waals surface area contributed by atoms with Crippen LogP contribution in [0.3, 0.4) is 0 Å². The summed E-state index contributed by atoms with van der Waals surface area (Å²) in [5.41, 5.74) is 3.45. The molecule has 6 nitrogen and oxygen atoms in total. The van der Waals surface area contributed by atoms with Gasteiger partial charge in [0, 0.05) is 45.3 Å². The summed E-state index contributed by atoms with van der Waals surface area (Å²) in [6, 6.07) is 10.1. The molecule has 1 aliphatic rings. The van der Waals surface area contributed by atoms with Gasteiger partial charge < -0.3 is 15.0 Å². The van der Waals surface area contributed by atoms with Crippen LogP contribution in [0.1, 0.15) is 22.7 Å². The van der Waals surface area contributed by atoms with Gasteiger partial charge in [-0.25, -0.2) is 0 Å². The fraction of sp³-hybridized carbons (Fsp3) is 0.500. The highest BCUT2D eigenvalue weighted by Crippen LogP contribution is 2.31. The molecule has 1 saturated heterocycles. The maximum absolute atomic E-state index is 12.9. The lowest BCUT2D eigenvalue weighted by molar-refractivity contribution is -0.134. The molecule has 1 N–H and O–H groups in total. The second-order valence-corrected chi connectivity index (χ2v) is 6.98. The van der Waals surface area contributed by atoms with Crippen LogP contribution in [0.15, 0.2) is 36.5 Å². The number of ether oxygens (including phenoxy) is 1. The van der Waals surface area contributed by atoms with Crippen molar-refractivity contribution in [2.24, 2.45) is 13.0 Å². The van der Waals surface area contributed by atoms with E-state index < -0.39 is 0 Å². The number of nitrogens with zero attached hydrogens (tertiary/aromatic N) is 3. The number of benzene rings is 1. The number of aryl methyl sites for hydroxylation is 1. The van der Waals surface area contributed by atoms with Crippen molar-refractivity contribution >= 4 is 5.91 Å². The van der Waals surface area contributed by atoms with E-state index in [0.29, 0.717) is 26.3 Å². The van der Waals surface area contributed by atoms with Crippen molar-refractivity contribution in [3.63, 3.8) is 0 Å². The van der Waals surface area contributed by atoms with Crippen LogP contribution in [0.25, 0.3) is 0 Å². The maximum atomic E-state index is 12.9. The van der Waals surface area contributed by atoms with Gasteiger partial charge >= 0.3 is 0 Å². The number of amides is 1. The highest BCUT2D eigenvalue weighted by Gasteiger charge is 2.37. The van der Waals surface area contributed by atoms with Crippen molar-refractivity contribution in [2.45, 2.75) is 19.4 Å². The molecule has 3 rings (SSSR count). The molecule has 2 heterocycles. The summed E-state index contributed by atoms with van der Waals surface area (Å²) in [6.07, 6.45) is 1.90. The van der Waals surface area contributed by atoms with Gasteiger partial charge in [-0.2, -0.15) is 5.10 Å². The van der Waals surface area contributed by atoms with E-state index in [-0.39, 0.29) is 17.7 Å². The molecule has 1 aliphatic heterocycles. The zero-order valence-corrected chi connectivity index (χ0v) is 15.8. The Balaban J connectivity index is 1.51. The van der Waals surface area contributed by atoms with Gasteiger partial charge in [0.2, 0.25) is 5.91 Å². The van der Waals surface area contributed by atoms with Gasteiger partial charge in [-0.3, -0.25) is 9.48 Å². The smallest absolute Gasteiger partial charge is 0.227 e. The zero-order chi connectivity index (χ0) is 18.5. The average molecular weight is 356 g/mol. The van der Waals surface area contributed by atoms with Gasteiger partial charge in [0.1, 0.15) is 0 Å². The molecule has 2 atom stereocenters. The Hall–Kier alpha value is -2.18. The van der Waals surface area contributed by atoms with Crippen LogP contribution >= 0.6 is 0 Å². The molecule has 0 aliphatic carbocycles. The van der Waals surface area contributed by atoms with Crippen molar-refractivity contribution in [3.05, 3.63) is 53.3 Å². The number of likely N-dealkylation sites (N-methyl/N-ethyl adjacent to an activating group) is 1. The highest BCUT2D eigenvalue weighted by molar-refractivity contribution is 5.80. The molecule has 1 aromatic heterocycles. The number of hydrogen-bond acceptors (Lipinski definition) is 4. The first-order chi connectivity index (χ1) is 12.6. The first-order valence-corrected chi connectivity index (χ1v) is 9.13. The summed E-state index contributed by atoms with van der Waals surface area (Å²) >= 11 is 0. The molecule has 2 aromatic rings. The van der Waals surface area contributed by atoms with E-state index in [1.807, 2.05) is 55.3 Å². The molecule has 0 bridgehead atoms. The summed E-state index contributed by atoms with van der Waals surface area (Å²) in [7, 11) is 3.80. The first-order valence-electron chi connectivity index (χ1n) is 9.13. The molecule has 26 heavy (non-hydrogen) atoms. The Kier molecular flexibility index (Phi) is 6.06. The highest BCUT2D eigenvalue weighted by atomic mass is 16.5. The van der Waals surface area contributed by atoms with Crippen molar-refractivity contribution < 1.29 is 9.53 Å². The van der Waals surface area contributed by atoms with E-state index >= 15 is 0 Å². The topological polar surface area (TPSA) is 59.4 Å². The molecular formula is C20H28N4O2. The summed E-state index contributed by atoms with van der Waals surface area (Å²) in [6.45, 7) is 5.30. The van der Waals surface area contributed by atoms with E-state index in [9.17, 15) is 4.79 Å². The van der Waals surface area contributed by atoms with Gasteiger partial charge in [0.15, 0.2) is 0 Å². The average Bonchev–Trinajstić information content (AvgIpc) is 3.26. The number of hydrogen-bond donors (Lipinski definition) is 1. The largest absolute Gasteiger partial charge is 0.375 e. The van der Waals surface area contributed by atoms with E-state index in [2.05, 4.69) is 17.3 Å². The Morgan fingerprint density at radius 2 is 2.12 bits per heavy atom. The molecule has 140 valence electrons. The lowest BCUT2D eigenvalue weighted by atomic mass is 9.88. The van der Waals surface area contributed by atoms with Crippen LogP contribution in [0, 0.1) is 12.8 Å². The second-order valence-electron chi connectivity index (χ2n) is 6.98. The zero-order valence-electron chi connectivity index (χ0n) is 15.8. The Morgan fingerprint density at radius 3 is 2.81 bits per heavy atom. The fourth-order valence-electron chi connectivity index (χ4n) is 3.50. The number of carbonyl (C=O) groups is 1. The SMILES string of the molecule is Cc1c([C@H]2CNC[C@@H]2C(=O)N(C)CCOCc2ccccc2)cnn1C. The maximum Gasteiger partial charge on any atom is 0.227 e. The quantitative estimate of drug-likeness (QED) is 0.768. The Labute approximate surface area is 155 Å². The Bertz CT molecular complexity index is 729. The fourth-order valence-corrected chi connectivity index (χ4v) is 3.50. The predicted octanol–water partition coefficient (Wildman–Crippen LogP) is 1.71. The van der Waals surface area contributed by atoms with Gasteiger partial charge in [-0.15, -0.1) is 0 Å². The molecule has 1 aromatic carbocycles. The van der Waals surface area contributed by atoms with Crippen LogP contribution < -0.4 is 5.32 Å². The van der Waals surface area contributed by atoms with E-state index in [1.165, 1.54) is 5.56 Å². The molecule has 1 fully saturated rings. The summed E-state index contributed by atoms with van der Waals surface area (Å²) in [5, 5.41) is 7.70. The van der Waals surface area contributed by atoms with Gasteiger partial charge in [-0.1, -0.05) is 30.3 Å². The number of nitrogens with one attached hydrogen (secondary N) is 1. The lowest BCUT2D eigenvalue weighted by Crippen LogP contribution is -2.38. The van der Waals surface area contributed by atoms with Crippen LogP contribution in [0.4, 0.5) is 0 Å². The lowest BCUT2D eigenvalue weighted by Gasteiger charge is -2.24. The van der Waals surface area contributed by atoms with Crippen molar-refractivity contribution in [1.82, 2.24) is 20.0 Å². The molecule has 0 radical (unpaired) electrons. The van der Waals surface area contributed by atoms with Crippen LogP contribution in [0.5, 0.6) is 0 Å². The van der Waals surface area contributed by atoms with Gasteiger partial charge in [0.25, 0.3) is 0 Å². The number of rotatable bonds is 7. The molecule has 0 spiro atoms. The third kappa shape index (κ3) is 4.14. The predicted molar refractivity (Wildman–Crippen MR) is 101 cm³/mol. The van der Waals surface area contributed by atoms with E-state index in [4.69, 9.17) is 4.74 Å². The molecule has 0 saturated carbocycles. The van der Waals surface area contributed by atoms with Crippen LogP contribution in [0.2, 0.25) is 0 Å². The van der Waals surface area contributed by atoms with Crippen LogP contribution in [-0.4, -0.2) is 53.9 Å². The van der Waals surface area contributed by atoms with Crippen LogP contribution in [-0.2, 0) is 23.2 Å². The van der Waals surface area contributed by atoms with Gasteiger partial charge in [-0.05, 0) is 18.1 Å². The van der Waals surface area contributed by atoms with E-state index in [1.54, 1.807) is 4.90 Å². The number of carbonyl (C=O) groups excluding carboxylic acids is 1. The monoisotopic (exact) mass is 356 g/mol. The summed E-state index contributed by atoms with van der Waals surface area (Å²) in [4.78, 5) is 14.7. The molecule has 1 amide bonds. The van der Waals surface area contributed by atoms with Crippen molar-refractivity contribution in [3.8, 4) is 0 Å². The molecule has 6 heteroatoms. The van der Waals surface area contributed by atoms with E-state index in [0.717, 1.165) is 17.8 Å². The van der Waals surface area contributed by atoms with Crippen molar-refractivity contribution in [2.75, 3.05) is 33.3 Å².